The van der Waals surface area contributed by atoms with E-state index in [0.717, 1.165) is 18.4 Å². The van der Waals surface area contributed by atoms with Crippen LogP contribution in [0.5, 0.6) is 5.75 Å². The van der Waals surface area contributed by atoms with Gasteiger partial charge in [0, 0.05) is 31.7 Å². The highest BCUT2D eigenvalue weighted by Gasteiger charge is 2.27. The molecule has 11 nitrogen and oxygen atoms in total. The van der Waals surface area contributed by atoms with E-state index in [2.05, 4.69) is 10.4 Å². The average Bonchev–Trinajstić information content (AvgIpc) is 3.23. The van der Waals surface area contributed by atoms with Crippen LogP contribution >= 0.6 is 0 Å². The van der Waals surface area contributed by atoms with E-state index in [-0.39, 0.29) is 29.8 Å². The number of para-hydroxylation sites is 1. The number of hydrogen-bond acceptors (Lipinski definition) is 6. The van der Waals surface area contributed by atoms with Crippen LogP contribution in [0, 0.1) is 5.92 Å². The van der Waals surface area contributed by atoms with Crippen LogP contribution in [0.4, 0.5) is 10.6 Å². The second kappa shape index (κ2) is 11.0. The third-order valence-corrected chi connectivity index (χ3v) is 6.49. The molecule has 0 aliphatic carbocycles. The highest BCUT2D eigenvalue weighted by molar-refractivity contribution is 6.03. The molecular formula is C26H30N6O5. The van der Waals surface area contributed by atoms with E-state index in [1.807, 2.05) is 12.1 Å². The third kappa shape index (κ3) is 5.66. The molecule has 0 saturated carbocycles. The number of nitrogen functional groups attached to an aromatic ring is 1. The molecule has 1 aliphatic heterocycles. The van der Waals surface area contributed by atoms with Crippen LogP contribution in [0.1, 0.15) is 39.1 Å². The molecule has 1 fully saturated rings. The predicted molar refractivity (Wildman–Crippen MR) is 137 cm³/mol. The topological polar surface area (TPSA) is 166 Å². The number of rotatable bonds is 8. The number of piperidine rings is 1. The van der Waals surface area contributed by atoms with Crippen LogP contribution in [-0.2, 0) is 13.1 Å². The van der Waals surface area contributed by atoms with Crippen molar-refractivity contribution in [3.63, 3.8) is 0 Å². The first-order valence-electron chi connectivity index (χ1n) is 11.9. The number of methoxy groups -OCH3 is 1. The number of amides is 3. The number of nitrogens with one attached hydrogen (secondary N) is 1. The van der Waals surface area contributed by atoms with E-state index in [9.17, 15) is 19.5 Å². The number of aromatic nitrogens is 2. The maximum absolute atomic E-state index is 12.6. The summed E-state index contributed by atoms with van der Waals surface area (Å²) in [5.41, 5.74) is 14.3. The van der Waals surface area contributed by atoms with Gasteiger partial charge in [-0.15, -0.1) is 0 Å². The van der Waals surface area contributed by atoms with E-state index >= 15 is 0 Å². The van der Waals surface area contributed by atoms with Crippen molar-refractivity contribution in [1.82, 2.24) is 20.0 Å². The van der Waals surface area contributed by atoms with Crippen molar-refractivity contribution < 1.29 is 24.2 Å². The van der Waals surface area contributed by atoms with Gasteiger partial charge in [-0.05, 0) is 36.5 Å². The fraction of sp³-hybridized carbons (Fsp3) is 0.308. The number of carbonyl (C=O) groups excluding carboxylic acids is 2. The summed E-state index contributed by atoms with van der Waals surface area (Å²) in [5, 5.41) is 16.7. The summed E-state index contributed by atoms with van der Waals surface area (Å²) in [6, 6.07) is 14.2. The van der Waals surface area contributed by atoms with Crippen molar-refractivity contribution >= 4 is 23.7 Å². The lowest BCUT2D eigenvalue weighted by Gasteiger charge is -2.30. The molecule has 194 valence electrons. The highest BCUT2D eigenvalue weighted by Crippen LogP contribution is 2.29. The molecule has 6 N–H and O–H groups in total. The molecule has 0 spiro atoms. The van der Waals surface area contributed by atoms with Gasteiger partial charge in [-0.3, -0.25) is 9.59 Å². The van der Waals surface area contributed by atoms with Crippen LogP contribution < -0.4 is 21.5 Å². The summed E-state index contributed by atoms with van der Waals surface area (Å²) in [7, 11) is 1.51. The fourth-order valence-electron chi connectivity index (χ4n) is 4.58. The molecule has 2 aromatic carbocycles. The number of benzene rings is 2. The maximum Gasteiger partial charge on any atom is 0.407 e. The monoisotopic (exact) mass is 506 g/mol. The SMILES string of the molecule is COc1ccccc1C(=O)NCc1ccc(-c2nn(C[C@@H]3CCCN(C(=O)O)C3)c(N)c2C(N)=O)cc1. The molecule has 37 heavy (non-hydrogen) atoms. The van der Waals surface area contributed by atoms with Crippen molar-refractivity contribution in [1.29, 1.82) is 0 Å². The van der Waals surface area contributed by atoms with Gasteiger partial charge in [0.1, 0.15) is 22.8 Å². The third-order valence-electron chi connectivity index (χ3n) is 6.49. The Labute approximate surface area is 214 Å². The summed E-state index contributed by atoms with van der Waals surface area (Å²) >= 11 is 0. The summed E-state index contributed by atoms with van der Waals surface area (Å²) < 4.78 is 6.78. The van der Waals surface area contributed by atoms with Gasteiger partial charge in [0.05, 0.1) is 12.7 Å². The van der Waals surface area contributed by atoms with Gasteiger partial charge in [0.15, 0.2) is 0 Å². The van der Waals surface area contributed by atoms with Crippen molar-refractivity contribution in [2.24, 2.45) is 11.7 Å². The second-order valence-electron chi connectivity index (χ2n) is 8.97. The number of ether oxygens (including phenoxy) is 1. The quantitative estimate of drug-likeness (QED) is 0.364. The summed E-state index contributed by atoms with van der Waals surface area (Å²) in [6.45, 7) is 1.55. The van der Waals surface area contributed by atoms with Crippen LogP contribution in [0.2, 0.25) is 0 Å². The molecule has 11 heteroatoms. The van der Waals surface area contributed by atoms with Gasteiger partial charge < -0.3 is 31.5 Å². The largest absolute Gasteiger partial charge is 0.496 e. The first-order chi connectivity index (χ1) is 17.8. The molecule has 2 heterocycles. The summed E-state index contributed by atoms with van der Waals surface area (Å²) in [5.74, 6) is -0.278. The normalized spacial score (nSPS) is 15.3. The van der Waals surface area contributed by atoms with Gasteiger partial charge in [-0.1, -0.05) is 36.4 Å². The molecule has 1 aliphatic rings. The van der Waals surface area contributed by atoms with E-state index < -0.39 is 12.0 Å². The van der Waals surface area contributed by atoms with E-state index in [0.29, 0.717) is 42.2 Å². The minimum atomic E-state index is -0.948. The molecule has 3 aromatic rings. The lowest BCUT2D eigenvalue weighted by atomic mass is 9.98. The molecule has 0 radical (unpaired) electrons. The summed E-state index contributed by atoms with van der Waals surface area (Å²) in [4.78, 5) is 37.5. The Morgan fingerprint density at radius 3 is 2.57 bits per heavy atom. The first kappa shape index (κ1) is 25.5. The number of primary amides is 1. The smallest absolute Gasteiger partial charge is 0.407 e. The number of anilines is 1. The number of carbonyl (C=O) groups is 3. The number of likely N-dealkylation sites (tertiary alicyclic amines) is 1. The number of nitrogens with zero attached hydrogens (tertiary/aromatic N) is 3. The number of hydrogen-bond donors (Lipinski definition) is 4. The van der Waals surface area contributed by atoms with E-state index in [4.69, 9.17) is 16.2 Å². The number of nitrogens with two attached hydrogens (primary N) is 2. The van der Waals surface area contributed by atoms with E-state index in [1.165, 1.54) is 16.7 Å². The molecule has 0 unspecified atom stereocenters. The molecule has 1 saturated heterocycles. The highest BCUT2D eigenvalue weighted by atomic mass is 16.5. The molecule has 1 aromatic heterocycles. The Morgan fingerprint density at radius 1 is 1.16 bits per heavy atom. The predicted octanol–water partition coefficient (Wildman–Crippen LogP) is 2.56. The van der Waals surface area contributed by atoms with Crippen molar-refractivity contribution in [2.45, 2.75) is 25.9 Å². The van der Waals surface area contributed by atoms with Gasteiger partial charge in [-0.2, -0.15) is 5.10 Å². The lowest BCUT2D eigenvalue weighted by Crippen LogP contribution is -2.40. The Bertz CT molecular complexity index is 1300. The lowest BCUT2D eigenvalue weighted by molar-refractivity contribution is 0.0946. The molecule has 4 rings (SSSR count). The van der Waals surface area contributed by atoms with Gasteiger partial charge >= 0.3 is 6.09 Å². The molecule has 3 amide bonds. The Kier molecular flexibility index (Phi) is 7.61. The minimum Gasteiger partial charge on any atom is -0.496 e. The Balaban J connectivity index is 1.49. The van der Waals surface area contributed by atoms with Crippen LogP contribution in [0.3, 0.4) is 0 Å². The second-order valence-corrected chi connectivity index (χ2v) is 8.97. The molecule has 1 atom stereocenters. The van der Waals surface area contributed by atoms with Crippen molar-refractivity contribution in [3.05, 3.63) is 65.2 Å². The van der Waals surface area contributed by atoms with Gasteiger partial charge in [0.2, 0.25) is 0 Å². The zero-order valence-electron chi connectivity index (χ0n) is 20.5. The molecule has 0 bridgehead atoms. The van der Waals surface area contributed by atoms with Crippen LogP contribution in [0.25, 0.3) is 11.3 Å². The average molecular weight is 507 g/mol. The number of carboxylic acid groups (broad SMARTS) is 1. The van der Waals surface area contributed by atoms with Gasteiger partial charge in [0.25, 0.3) is 11.8 Å². The molecular weight excluding hydrogens is 476 g/mol. The fourth-order valence-corrected chi connectivity index (χ4v) is 4.58. The first-order valence-corrected chi connectivity index (χ1v) is 11.9. The van der Waals surface area contributed by atoms with Crippen molar-refractivity contribution in [3.8, 4) is 17.0 Å². The van der Waals surface area contributed by atoms with Crippen LogP contribution in [0.15, 0.2) is 48.5 Å². The van der Waals surface area contributed by atoms with Crippen LogP contribution in [-0.4, -0.2) is 57.9 Å². The zero-order valence-corrected chi connectivity index (χ0v) is 20.5. The Morgan fingerprint density at radius 2 is 1.89 bits per heavy atom. The minimum absolute atomic E-state index is 0.0230. The maximum atomic E-state index is 12.6. The zero-order chi connectivity index (χ0) is 26.5. The standard InChI is InChI=1S/C26H30N6O5/c1-37-20-7-3-2-6-19(20)25(34)29-13-16-8-10-18(11-9-16)22-21(24(28)33)23(27)32(30-22)15-17-5-4-12-31(14-17)26(35)36/h2-3,6-11,17H,4-5,12-15,27H2,1H3,(H2,28,33)(H,29,34)(H,35,36)/t17-/m1/s1. The van der Waals surface area contributed by atoms with Gasteiger partial charge in [-0.25, -0.2) is 9.48 Å². The van der Waals surface area contributed by atoms with Crippen molar-refractivity contribution in [2.75, 3.05) is 25.9 Å². The Hall–Kier alpha value is -4.54. The summed E-state index contributed by atoms with van der Waals surface area (Å²) in [6.07, 6.45) is 0.637. The van der Waals surface area contributed by atoms with E-state index in [1.54, 1.807) is 36.4 Å².